The number of nitrogens with one attached hydrogen (secondary N) is 1. The van der Waals surface area contributed by atoms with Gasteiger partial charge < -0.3 is 15.2 Å². The quantitative estimate of drug-likeness (QED) is 0.870. The first-order valence-electron chi connectivity index (χ1n) is 7.09. The van der Waals surface area contributed by atoms with Crippen molar-refractivity contribution in [2.75, 3.05) is 11.9 Å². The molecule has 1 aliphatic rings. The number of carboxylic acid groups (broad SMARTS) is 1. The molecule has 1 amide bonds. The van der Waals surface area contributed by atoms with Crippen LogP contribution in [0.3, 0.4) is 0 Å². The van der Waals surface area contributed by atoms with Crippen LogP contribution < -0.4 is 5.32 Å². The van der Waals surface area contributed by atoms with E-state index in [2.05, 4.69) is 5.32 Å². The highest BCUT2D eigenvalue weighted by molar-refractivity contribution is 5.93. The van der Waals surface area contributed by atoms with Crippen LogP contribution in [0, 0.1) is 5.92 Å². The molecule has 2 atom stereocenters. The molecule has 0 saturated carbocycles. The third-order valence-electron chi connectivity index (χ3n) is 3.61. The van der Waals surface area contributed by atoms with Crippen molar-refractivity contribution < 1.29 is 32.6 Å². The Bertz CT molecular complexity index is 582. The van der Waals surface area contributed by atoms with Gasteiger partial charge in [0.25, 0.3) is 0 Å². The standard InChI is InChI=1S/C15H16F3NO4/c16-15(17,18)9-3-1-4-10(7-9)19-13(20)8-11(14(21)22)12-5-2-6-23-12/h1,3-4,7,11-12H,2,5-6,8H2,(H,19,20)(H,21,22)/t11-,12+/m1/s1. The summed E-state index contributed by atoms with van der Waals surface area (Å²) in [4.78, 5) is 23.2. The van der Waals surface area contributed by atoms with Crippen LogP contribution in [-0.2, 0) is 20.5 Å². The summed E-state index contributed by atoms with van der Waals surface area (Å²) in [7, 11) is 0. The van der Waals surface area contributed by atoms with Crippen molar-refractivity contribution in [2.24, 2.45) is 5.92 Å². The summed E-state index contributed by atoms with van der Waals surface area (Å²) in [6.45, 7) is 0.448. The normalized spacial score (nSPS) is 19.3. The second-order valence-electron chi connectivity index (χ2n) is 5.33. The molecular weight excluding hydrogens is 315 g/mol. The highest BCUT2D eigenvalue weighted by Crippen LogP contribution is 2.31. The van der Waals surface area contributed by atoms with Crippen LogP contribution in [0.25, 0.3) is 0 Å². The van der Waals surface area contributed by atoms with Gasteiger partial charge in [-0.15, -0.1) is 0 Å². The molecule has 1 aromatic carbocycles. The molecule has 126 valence electrons. The minimum atomic E-state index is -4.51. The van der Waals surface area contributed by atoms with Gasteiger partial charge in [-0.25, -0.2) is 0 Å². The molecule has 1 aliphatic heterocycles. The molecule has 23 heavy (non-hydrogen) atoms. The Labute approximate surface area is 130 Å². The van der Waals surface area contributed by atoms with Crippen molar-refractivity contribution in [3.8, 4) is 0 Å². The first-order valence-corrected chi connectivity index (χ1v) is 7.09. The molecule has 0 unspecified atom stereocenters. The minimum Gasteiger partial charge on any atom is -0.481 e. The second kappa shape index (κ2) is 6.99. The van der Waals surface area contributed by atoms with Crippen molar-refractivity contribution >= 4 is 17.6 Å². The molecule has 0 aromatic heterocycles. The van der Waals surface area contributed by atoms with Gasteiger partial charge in [0.15, 0.2) is 0 Å². The zero-order chi connectivity index (χ0) is 17.0. The van der Waals surface area contributed by atoms with E-state index in [-0.39, 0.29) is 12.1 Å². The van der Waals surface area contributed by atoms with E-state index >= 15 is 0 Å². The van der Waals surface area contributed by atoms with E-state index in [1.54, 1.807) is 0 Å². The summed E-state index contributed by atoms with van der Waals surface area (Å²) in [5, 5.41) is 11.5. The molecule has 0 spiro atoms. The van der Waals surface area contributed by atoms with Crippen molar-refractivity contribution in [2.45, 2.75) is 31.5 Å². The van der Waals surface area contributed by atoms with Gasteiger partial charge >= 0.3 is 12.1 Å². The van der Waals surface area contributed by atoms with Crippen LogP contribution in [0.5, 0.6) is 0 Å². The molecule has 1 aromatic rings. The summed E-state index contributed by atoms with van der Waals surface area (Å²) >= 11 is 0. The number of carbonyl (C=O) groups is 2. The summed E-state index contributed by atoms with van der Waals surface area (Å²) in [5.41, 5.74) is -0.912. The Hall–Kier alpha value is -2.09. The lowest BCUT2D eigenvalue weighted by atomic mass is 9.96. The smallest absolute Gasteiger partial charge is 0.416 e. The van der Waals surface area contributed by atoms with Gasteiger partial charge in [-0.1, -0.05) is 6.07 Å². The van der Waals surface area contributed by atoms with Gasteiger partial charge in [-0.3, -0.25) is 9.59 Å². The number of carbonyl (C=O) groups excluding carboxylic acids is 1. The molecule has 2 N–H and O–H groups in total. The van der Waals surface area contributed by atoms with E-state index in [4.69, 9.17) is 4.74 Å². The summed E-state index contributed by atoms with van der Waals surface area (Å²) in [5.74, 6) is -2.83. The molecule has 8 heteroatoms. The Kier molecular flexibility index (Phi) is 5.25. The third-order valence-corrected chi connectivity index (χ3v) is 3.61. The Morgan fingerprint density at radius 3 is 2.70 bits per heavy atom. The maximum Gasteiger partial charge on any atom is 0.416 e. The van der Waals surface area contributed by atoms with Gasteiger partial charge in [0.1, 0.15) is 0 Å². The lowest BCUT2D eigenvalue weighted by Gasteiger charge is -2.18. The Balaban J connectivity index is 2.02. The number of amides is 1. The molecule has 0 bridgehead atoms. The molecular formula is C15H16F3NO4. The number of halogens is 3. The Morgan fingerprint density at radius 2 is 2.13 bits per heavy atom. The number of benzene rings is 1. The van der Waals surface area contributed by atoms with Crippen LogP contribution >= 0.6 is 0 Å². The van der Waals surface area contributed by atoms with E-state index in [0.717, 1.165) is 18.6 Å². The van der Waals surface area contributed by atoms with Gasteiger partial charge in [-0.05, 0) is 31.0 Å². The van der Waals surface area contributed by atoms with Crippen LogP contribution in [0.1, 0.15) is 24.8 Å². The predicted molar refractivity (Wildman–Crippen MR) is 74.8 cm³/mol. The minimum absolute atomic E-state index is 0.0266. The number of hydrogen-bond acceptors (Lipinski definition) is 3. The number of carboxylic acids is 1. The van der Waals surface area contributed by atoms with Crippen molar-refractivity contribution in [3.63, 3.8) is 0 Å². The molecule has 1 heterocycles. The fraction of sp³-hybridized carbons (Fsp3) is 0.467. The van der Waals surface area contributed by atoms with Crippen molar-refractivity contribution in [1.29, 1.82) is 0 Å². The SMILES string of the molecule is O=C(C[C@@H](C(=O)O)[C@@H]1CCCO1)Nc1cccc(C(F)(F)F)c1. The fourth-order valence-corrected chi connectivity index (χ4v) is 2.48. The first kappa shape index (κ1) is 17.3. The topological polar surface area (TPSA) is 75.6 Å². The monoisotopic (exact) mass is 331 g/mol. The van der Waals surface area contributed by atoms with Crippen LogP contribution in [-0.4, -0.2) is 29.7 Å². The Morgan fingerprint density at radius 1 is 1.39 bits per heavy atom. The number of ether oxygens (including phenoxy) is 1. The second-order valence-corrected chi connectivity index (χ2v) is 5.33. The van der Waals surface area contributed by atoms with Gasteiger partial charge in [0.2, 0.25) is 5.91 Å². The number of anilines is 1. The molecule has 2 rings (SSSR count). The van der Waals surface area contributed by atoms with Gasteiger partial charge in [0.05, 0.1) is 17.6 Å². The summed E-state index contributed by atoms with van der Waals surface area (Å²) in [6.07, 6.45) is -4.13. The molecule has 0 radical (unpaired) electrons. The summed E-state index contributed by atoms with van der Waals surface area (Å²) in [6, 6.07) is 4.18. The van der Waals surface area contributed by atoms with Crippen molar-refractivity contribution in [1.82, 2.24) is 0 Å². The van der Waals surface area contributed by atoms with Crippen molar-refractivity contribution in [3.05, 3.63) is 29.8 Å². The lowest BCUT2D eigenvalue weighted by molar-refractivity contribution is -0.148. The van der Waals surface area contributed by atoms with Gasteiger partial charge in [-0.2, -0.15) is 13.2 Å². The number of rotatable bonds is 5. The van der Waals surface area contributed by atoms with Gasteiger partial charge in [0, 0.05) is 18.7 Å². The highest BCUT2D eigenvalue weighted by atomic mass is 19.4. The molecule has 5 nitrogen and oxygen atoms in total. The van der Waals surface area contributed by atoms with Crippen LogP contribution in [0.4, 0.5) is 18.9 Å². The number of alkyl halides is 3. The average Bonchev–Trinajstić information content (AvgIpc) is 2.97. The van der Waals surface area contributed by atoms with E-state index in [1.165, 1.54) is 12.1 Å². The van der Waals surface area contributed by atoms with E-state index in [0.29, 0.717) is 13.0 Å². The van der Waals surface area contributed by atoms with E-state index in [1.807, 2.05) is 0 Å². The zero-order valence-electron chi connectivity index (χ0n) is 12.1. The largest absolute Gasteiger partial charge is 0.481 e. The number of hydrogen-bond donors (Lipinski definition) is 2. The number of aliphatic carboxylic acids is 1. The molecule has 1 fully saturated rings. The fourth-order valence-electron chi connectivity index (χ4n) is 2.48. The molecule has 1 saturated heterocycles. The maximum absolute atomic E-state index is 12.6. The van der Waals surface area contributed by atoms with E-state index < -0.39 is 35.6 Å². The lowest BCUT2D eigenvalue weighted by Crippen LogP contribution is -2.31. The highest BCUT2D eigenvalue weighted by Gasteiger charge is 2.34. The predicted octanol–water partition coefficient (Wildman–Crippen LogP) is 2.91. The third kappa shape index (κ3) is 4.69. The first-order chi connectivity index (χ1) is 10.8. The summed E-state index contributed by atoms with van der Waals surface area (Å²) < 4.78 is 43.1. The average molecular weight is 331 g/mol. The van der Waals surface area contributed by atoms with Crippen LogP contribution in [0.15, 0.2) is 24.3 Å². The van der Waals surface area contributed by atoms with Crippen LogP contribution in [0.2, 0.25) is 0 Å². The maximum atomic E-state index is 12.6. The molecule has 0 aliphatic carbocycles. The van der Waals surface area contributed by atoms with E-state index in [9.17, 15) is 27.9 Å². The zero-order valence-corrected chi connectivity index (χ0v) is 12.1.